The largest absolute Gasteiger partial charge is 0.339 e. The lowest BCUT2D eigenvalue weighted by Crippen LogP contribution is -2.17. The normalized spacial score (nSPS) is 11.2. The maximum atomic E-state index is 12.7. The molecule has 9 heteroatoms. The second-order valence-corrected chi connectivity index (χ2v) is 9.01. The van der Waals surface area contributed by atoms with Gasteiger partial charge in [-0.25, -0.2) is 13.4 Å². The fourth-order valence-corrected chi connectivity index (χ4v) is 4.69. The maximum absolute atomic E-state index is 12.7. The van der Waals surface area contributed by atoms with Crippen molar-refractivity contribution in [3.8, 4) is 0 Å². The van der Waals surface area contributed by atoms with E-state index < -0.39 is 10.0 Å². The van der Waals surface area contributed by atoms with E-state index in [0.717, 1.165) is 5.56 Å². The van der Waals surface area contributed by atoms with E-state index in [2.05, 4.69) is 15.0 Å². The minimum Gasteiger partial charge on any atom is -0.339 e. The number of aromatic nitrogens is 2. The van der Waals surface area contributed by atoms with Crippen molar-refractivity contribution in [3.63, 3.8) is 0 Å². The molecule has 2 N–H and O–H groups in total. The van der Waals surface area contributed by atoms with Crippen molar-refractivity contribution in [1.29, 1.82) is 0 Å². The molecule has 1 amide bonds. The van der Waals surface area contributed by atoms with Crippen LogP contribution in [0.2, 0.25) is 0 Å². The zero-order chi connectivity index (χ0) is 21.0. The number of rotatable bonds is 7. The summed E-state index contributed by atoms with van der Waals surface area (Å²) in [5.74, 6) is -0.271. The summed E-state index contributed by atoms with van der Waals surface area (Å²) >= 11 is 1.20. The van der Waals surface area contributed by atoms with Crippen LogP contribution in [-0.2, 0) is 16.6 Å². The Balaban J connectivity index is 1.45. The maximum Gasteiger partial charge on any atom is 0.272 e. The van der Waals surface area contributed by atoms with Crippen LogP contribution >= 0.6 is 11.3 Å². The number of carbonyl (C=O) groups excluding carboxylic acids is 1. The topological polar surface area (TPSA) is 93.1 Å². The van der Waals surface area contributed by atoms with Gasteiger partial charge in [-0.15, -0.1) is 11.3 Å². The Morgan fingerprint density at radius 3 is 2.47 bits per heavy atom. The highest BCUT2D eigenvalue weighted by molar-refractivity contribution is 7.93. The van der Waals surface area contributed by atoms with E-state index in [-0.39, 0.29) is 10.8 Å². The van der Waals surface area contributed by atoms with Gasteiger partial charge in [0.15, 0.2) is 5.13 Å². The third kappa shape index (κ3) is 4.58. The Hall–Kier alpha value is -3.43. The van der Waals surface area contributed by atoms with Gasteiger partial charge in [0.1, 0.15) is 5.69 Å². The van der Waals surface area contributed by atoms with E-state index in [1.807, 2.05) is 47.2 Å². The Bertz CT molecular complexity index is 1230. The van der Waals surface area contributed by atoms with Crippen LogP contribution in [0.1, 0.15) is 16.1 Å². The van der Waals surface area contributed by atoms with Crippen LogP contribution in [0.5, 0.6) is 0 Å². The summed E-state index contributed by atoms with van der Waals surface area (Å²) in [5.41, 5.74) is 2.10. The van der Waals surface area contributed by atoms with Crippen LogP contribution in [0.15, 0.2) is 89.4 Å². The molecular formula is C21H18N4O3S2. The van der Waals surface area contributed by atoms with Gasteiger partial charge in [-0.3, -0.25) is 9.52 Å². The summed E-state index contributed by atoms with van der Waals surface area (Å²) in [7, 11) is -3.73. The van der Waals surface area contributed by atoms with Crippen LogP contribution in [0.4, 0.5) is 10.8 Å². The van der Waals surface area contributed by atoms with Crippen molar-refractivity contribution in [2.75, 3.05) is 10.0 Å². The van der Waals surface area contributed by atoms with Gasteiger partial charge in [0, 0.05) is 30.0 Å². The first-order valence-corrected chi connectivity index (χ1v) is 11.4. The monoisotopic (exact) mass is 438 g/mol. The molecule has 0 saturated carbocycles. The number of hydrogen-bond donors (Lipinski definition) is 2. The molecule has 0 spiro atoms. The summed E-state index contributed by atoms with van der Waals surface area (Å²) in [5, 5.41) is 4.79. The average Bonchev–Trinajstić information content (AvgIpc) is 3.41. The van der Waals surface area contributed by atoms with E-state index in [1.165, 1.54) is 29.7 Å². The number of benzene rings is 2. The molecule has 152 valence electrons. The molecule has 7 nitrogen and oxygen atoms in total. The van der Waals surface area contributed by atoms with E-state index >= 15 is 0 Å². The average molecular weight is 439 g/mol. The van der Waals surface area contributed by atoms with Crippen LogP contribution in [0.25, 0.3) is 0 Å². The Kier molecular flexibility index (Phi) is 5.64. The van der Waals surface area contributed by atoms with Crippen molar-refractivity contribution in [2.45, 2.75) is 11.4 Å². The van der Waals surface area contributed by atoms with Gasteiger partial charge in [-0.2, -0.15) is 0 Å². The highest BCUT2D eigenvalue weighted by atomic mass is 32.2. The third-order valence-corrected chi connectivity index (χ3v) is 6.51. The van der Waals surface area contributed by atoms with E-state index in [4.69, 9.17) is 0 Å². The molecule has 4 aromatic rings. The van der Waals surface area contributed by atoms with Gasteiger partial charge in [0.25, 0.3) is 15.9 Å². The first-order valence-electron chi connectivity index (χ1n) is 9.04. The highest BCUT2D eigenvalue weighted by Gasteiger charge is 2.16. The predicted octanol–water partition coefficient (Wildman–Crippen LogP) is 4.05. The molecule has 4 rings (SSSR count). The minimum absolute atomic E-state index is 0.0863. The number of hydrogen-bond acceptors (Lipinski definition) is 5. The predicted molar refractivity (Wildman–Crippen MR) is 117 cm³/mol. The molecule has 2 aromatic carbocycles. The van der Waals surface area contributed by atoms with Crippen LogP contribution in [-0.4, -0.2) is 23.9 Å². The van der Waals surface area contributed by atoms with Gasteiger partial charge >= 0.3 is 0 Å². The standard InChI is InChI=1S/C21H18N4O3S2/c26-20(19-7-4-13-25(19)15-16-5-2-1-3-6-16)23-17-8-10-18(11-9-17)30(27,28)24-21-22-12-14-29-21/h1-14H,15H2,(H,22,24)(H,23,26). The van der Waals surface area contributed by atoms with Gasteiger partial charge in [0.05, 0.1) is 4.90 Å². The lowest BCUT2D eigenvalue weighted by Gasteiger charge is -2.11. The highest BCUT2D eigenvalue weighted by Crippen LogP contribution is 2.20. The summed E-state index contributed by atoms with van der Waals surface area (Å²) in [6.45, 7) is 0.580. The molecule has 2 heterocycles. The van der Waals surface area contributed by atoms with Gasteiger partial charge in [-0.1, -0.05) is 30.3 Å². The summed E-state index contributed by atoms with van der Waals surface area (Å²) in [6.07, 6.45) is 3.37. The molecule has 0 aliphatic carbocycles. The van der Waals surface area contributed by atoms with Gasteiger partial charge in [0.2, 0.25) is 0 Å². The molecule has 0 saturated heterocycles. The second kappa shape index (κ2) is 8.52. The summed E-state index contributed by atoms with van der Waals surface area (Å²) in [4.78, 5) is 16.7. The quantitative estimate of drug-likeness (QED) is 0.455. The van der Waals surface area contributed by atoms with Gasteiger partial charge in [-0.05, 0) is 42.0 Å². The second-order valence-electron chi connectivity index (χ2n) is 6.43. The number of amides is 1. The fraction of sp³-hybridized carbons (Fsp3) is 0.0476. The van der Waals surface area contributed by atoms with Crippen LogP contribution in [0, 0.1) is 0 Å². The van der Waals surface area contributed by atoms with Crippen molar-refractivity contribution >= 4 is 38.1 Å². The lowest BCUT2D eigenvalue weighted by molar-refractivity contribution is 0.101. The van der Waals surface area contributed by atoms with Crippen LogP contribution in [0.3, 0.4) is 0 Å². The first kappa shape index (κ1) is 19.9. The number of thiazole rings is 1. The number of anilines is 2. The van der Waals surface area contributed by atoms with Crippen molar-refractivity contribution in [1.82, 2.24) is 9.55 Å². The molecule has 0 aliphatic rings. The first-order chi connectivity index (χ1) is 14.5. The van der Waals surface area contributed by atoms with Crippen molar-refractivity contribution in [3.05, 3.63) is 95.8 Å². The minimum atomic E-state index is -3.73. The number of nitrogens with one attached hydrogen (secondary N) is 2. The summed E-state index contributed by atoms with van der Waals surface area (Å²) in [6, 6.07) is 19.4. The molecule has 0 fully saturated rings. The van der Waals surface area contributed by atoms with Crippen LogP contribution < -0.4 is 10.0 Å². The number of nitrogens with zero attached hydrogens (tertiary/aromatic N) is 2. The Morgan fingerprint density at radius 2 is 1.77 bits per heavy atom. The Morgan fingerprint density at radius 1 is 1.00 bits per heavy atom. The molecule has 2 aromatic heterocycles. The zero-order valence-corrected chi connectivity index (χ0v) is 17.4. The van der Waals surface area contributed by atoms with Crippen molar-refractivity contribution in [2.24, 2.45) is 0 Å². The lowest BCUT2D eigenvalue weighted by atomic mass is 10.2. The molecule has 30 heavy (non-hydrogen) atoms. The smallest absolute Gasteiger partial charge is 0.272 e. The number of carbonyl (C=O) groups is 1. The molecule has 0 unspecified atom stereocenters. The third-order valence-electron chi connectivity index (χ3n) is 4.33. The molecular weight excluding hydrogens is 420 g/mol. The fourth-order valence-electron chi connectivity index (χ4n) is 2.90. The molecule has 0 atom stereocenters. The van der Waals surface area contributed by atoms with Crippen molar-refractivity contribution < 1.29 is 13.2 Å². The van der Waals surface area contributed by atoms with Gasteiger partial charge < -0.3 is 9.88 Å². The van der Waals surface area contributed by atoms with E-state index in [0.29, 0.717) is 23.1 Å². The molecule has 0 bridgehead atoms. The van der Waals surface area contributed by atoms with E-state index in [9.17, 15) is 13.2 Å². The Labute approximate surface area is 178 Å². The molecule has 0 radical (unpaired) electrons. The number of sulfonamides is 1. The zero-order valence-electron chi connectivity index (χ0n) is 15.7. The van der Waals surface area contributed by atoms with E-state index in [1.54, 1.807) is 23.6 Å². The molecule has 0 aliphatic heterocycles. The SMILES string of the molecule is O=C(Nc1ccc(S(=O)(=O)Nc2nccs2)cc1)c1cccn1Cc1ccccc1. The summed E-state index contributed by atoms with van der Waals surface area (Å²) < 4.78 is 29.1.